The summed E-state index contributed by atoms with van der Waals surface area (Å²) in [5, 5.41) is 9.58. The minimum absolute atomic E-state index is 0.00881. The Bertz CT molecular complexity index is 746. The van der Waals surface area contributed by atoms with Crippen LogP contribution < -0.4 is 4.90 Å². The number of aromatic nitrogens is 1. The van der Waals surface area contributed by atoms with Gasteiger partial charge in [-0.05, 0) is 30.9 Å². The summed E-state index contributed by atoms with van der Waals surface area (Å²) in [7, 11) is 0. The van der Waals surface area contributed by atoms with E-state index in [4.69, 9.17) is 4.74 Å². The molecule has 0 unspecified atom stereocenters. The quantitative estimate of drug-likeness (QED) is 0.684. The molecule has 7 heteroatoms. The molecule has 7 nitrogen and oxygen atoms in total. The summed E-state index contributed by atoms with van der Waals surface area (Å²) in [6.07, 6.45) is 3.82. The van der Waals surface area contributed by atoms with Gasteiger partial charge in [0.15, 0.2) is 5.82 Å². The highest BCUT2D eigenvalue weighted by Crippen LogP contribution is 2.32. The first-order valence-electron chi connectivity index (χ1n) is 11.2. The third kappa shape index (κ3) is 5.18. The van der Waals surface area contributed by atoms with Gasteiger partial charge in [0.05, 0.1) is 5.56 Å². The summed E-state index contributed by atoms with van der Waals surface area (Å²) in [5.41, 5.74) is 0.306. The van der Waals surface area contributed by atoms with E-state index in [1.165, 1.54) is 0 Å². The van der Waals surface area contributed by atoms with Crippen molar-refractivity contribution < 1.29 is 9.53 Å². The topological polar surface area (TPSA) is 72.7 Å². The van der Waals surface area contributed by atoms with Crippen LogP contribution in [0.3, 0.4) is 0 Å². The van der Waals surface area contributed by atoms with Gasteiger partial charge < -0.3 is 9.64 Å². The molecule has 0 radical (unpaired) electrons. The van der Waals surface area contributed by atoms with Gasteiger partial charge >= 0.3 is 0 Å². The minimum Gasteiger partial charge on any atom is -0.381 e. The molecule has 3 heterocycles. The number of piperazine rings is 1. The minimum atomic E-state index is -0.142. The lowest BCUT2D eigenvalue weighted by Crippen LogP contribution is -2.64. The number of hydrogen-bond donors (Lipinski definition) is 0. The van der Waals surface area contributed by atoms with Crippen molar-refractivity contribution in [3.8, 4) is 6.07 Å². The zero-order chi connectivity index (χ0) is 21.6. The smallest absolute Gasteiger partial charge is 0.227 e. The van der Waals surface area contributed by atoms with Gasteiger partial charge in [-0.15, -0.1) is 0 Å². The zero-order valence-corrected chi connectivity index (χ0v) is 18.6. The van der Waals surface area contributed by atoms with Crippen molar-refractivity contribution >= 4 is 11.7 Å². The Kier molecular flexibility index (Phi) is 7.81. The van der Waals surface area contributed by atoms with Crippen LogP contribution in [0.1, 0.15) is 45.6 Å². The van der Waals surface area contributed by atoms with E-state index in [0.29, 0.717) is 43.5 Å². The third-order valence-corrected chi connectivity index (χ3v) is 6.31. The van der Waals surface area contributed by atoms with Crippen LogP contribution in [0.15, 0.2) is 18.3 Å². The van der Waals surface area contributed by atoms with Crippen molar-refractivity contribution in [3.63, 3.8) is 0 Å². The summed E-state index contributed by atoms with van der Waals surface area (Å²) < 4.78 is 5.70. The van der Waals surface area contributed by atoms with Crippen LogP contribution in [0.4, 0.5) is 5.82 Å². The van der Waals surface area contributed by atoms with Gasteiger partial charge in [-0.2, -0.15) is 5.26 Å². The molecule has 2 saturated heterocycles. The predicted molar refractivity (Wildman–Crippen MR) is 117 cm³/mol. The van der Waals surface area contributed by atoms with E-state index in [-0.39, 0.29) is 11.4 Å². The zero-order valence-electron chi connectivity index (χ0n) is 18.6. The van der Waals surface area contributed by atoms with E-state index in [2.05, 4.69) is 34.7 Å². The standard InChI is InChI=1S/C23H35N5O2/c1-4-21(29)28(22-20(16-24)6-5-9-25-22)18-23(7-14-30-15-8-23)27-12-10-26(11-13-27)17-19(2)3/h5-6,9,19H,4,7-8,10-15,17-18H2,1-3H3. The number of carbonyl (C=O) groups excluding carboxylic acids is 1. The highest BCUT2D eigenvalue weighted by molar-refractivity contribution is 5.93. The van der Waals surface area contributed by atoms with Crippen LogP contribution in [0.2, 0.25) is 0 Å². The van der Waals surface area contributed by atoms with Crippen LogP contribution in [0.5, 0.6) is 0 Å². The molecule has 0 saturated carbocycles. The first kappa shape index (κ1) is 22.7. The number of rotatable bonds is 7. The SMILES string of the molecule is CCC(=O)N(CC1(N2CCN(CC(C)C)CC2)CCOCC1)c1ncccc1C#N. The molecule has 0 spiro atoms. The fraction of sp³-hybridized carbons (Fsp3) is 0.696. The molecular weight excluding hydrogens is 378 g/mol. The largest absolute Gasteiger partial charge is 0.381 e. The normalized spacial score (nSPS) is 20.1. The molecule has 3 rings (SSSR count). The molecule has 0 aliphatic carbocycles. The fourth-order valence-electron chi connectivity index (χ4n) is 4.71. The van der Waals surface area contributed by atoms with Gasteiger partial charge in [0.25, 0.3) is 0 Å². The van der Waals surface area contributed by atoms with Gasteiger partial charge in [-0.1, -0.05) is 20.8 Å². The molecule has 0 aromatic carbocycles. The Morgan fingerprint density at radius 1 is 1.30 bits per heavy atom. The Morgan fingerprint density at radius 2 is 2.00 bits per heavy atom. The lowest BCUT2D eigenvalue weighted by molar-refractivity contribution is -0.119. The summed E-state index contributed by atoms with van der Waals surface area (Å²) in [6, 6.07) is 5.69. The Hall–Kier alpha value is -2.01. The second kappa shape index (κ2) is 10.3. The number of nitrogens with zero attached hydrogens (tertiary/aromatic N) is 5. The van der Waals surface area contributed by atoms with E-state index in [1.54, 1.807) is 23.2 Å². The summed E-state index contributed by atoms with van der Waals surface area (Å²) in [5.74, 6) is 1.16. The maximum Gasteiger partial charge on any atom is 0.227 e. The van der Waals surface area contributed by atoms with Gasteiger partial charge in [-0.25, -0.2) is 4.98 Å². The molecule has 1 amide bonds. The summed E-state index contributed by atoms with van der Waals surface area (Å²) in [4.78, 5) is 24.3. The highest BCUT2D eigenvalue weighted by Gasteiger charge is 2.42. The van der Waals surface area contributed by atoms with E-state index in [1.807, 2.05) is 6.92 Å². The first-order chi connectivity index (χ1) is 14.5. The lowest BCUT2D eigenvalue weighted by Gasteiger charge is -2.51. The molecular formula is C23H35N5O2. The Balaban J connectivity index is 1.85. The third-order valence-electron chi connectivity index (χ3n) is 6.31. The van der Waals surface area contributed by atoms with Crippen molar-refractivity contribution in [1.29, 1.82) is 5.26 Å². The lowest BCUT2D eigenvalue weighted by atomic mass is 9.86. The first-order valence-corrected chi connectivity index (χ1v) is 11.2. The van der Waals surface area contributed by atoms with Crippen LogP contribution in [0.25, 0.3) is 0 Å². The average Bonchev–Trinajstić information content (AvgIpc) is 2.77. The molecule has 2 aliphatic heterocycles. The molecule has 1 aromatic heterocycles. The molecule has 0 N–H and O–H groups in total. The monoisotopic (exact) mass is 413 g/mol. The summed E-state index contributed by atoms with van der Waals surface area (Å²) >= 11 is 0. The second-order valence-corrected chi connectivity index (χ2v) is 8.84. The number of nitriles is 1. The number of hydrogen-bond acceptors (Lipinski definition) is 6. The van der Waals surface area contributed by atoms with Crippen molar-refractivity contribution in [2.75, 3.05) is 57.4 Å². The van der Waals surface area contributed by atoms with Gasteiger partial charge in [0.1, 0.15) is 6.07 Å². The van der Waals surface area contributed by atoms with Gasteiger partial charge in [0.2, 0.25) is 5.91 Å². The molecule has 2 aliphatic rings. The molecule has 0 bridgehead atoms. The van der Waals surface area contributed by atoms with Crippen LogP contribution >= 0.6 is 0 Å². The average molecular weight is 414 g/mol. The number of amides is 1. The van der Waals surface area contributed by atoms with Crippen LogP contribution in [-0.2, 0) is 9.53 Å². The van der Waals surface area contributed by atoms with Crippen molar-refractivity contribution in [1.82, 2.24) is 14.8 Å². The number of ether oxygens (including phenoxy) is 1. The molecule has 30 heavy (non-hydrogen) atoms. The maximum atomic E-state index is 13.0. The highest BCUT2D eigenvalue weighted by atomic mass is 16.5. The van der Waals surface area contributed by atoms with Crippen LogP contribution in [0, 0.1) is 17.2 Å². The Labute approximate surface area is 180 Å². The van der Waals surface area contributed by atoms with Crippen molar-refractivity contribution in [2.45, 2.75) is 45.6 Å². The van der Waals surface area contributed by atoms with E-state index < -0.39 is 0 Å². The summed E-state index contributed by atoms with van der Waals surface area (Å²) in [6.45, 7) is 13.6. The van der Waals surface area contributed by atoms with Crippen LogP contribution in [-0.4, -0.2) is 78.7 Å². The number of carbonyl (C=O) groups is 1. The fourth-order valence-corrected chi connectivity index (χ4v) is 4.71. The molecule has 164 valence electrons. The maximum absolute atomic E-state index is 13.0. The van der Waals surface area contributed by atoms with Crippen molar-refractivity contribution in [2.24, 2.45) is 5.92 Å². The van der Waals surface area contributed by atoms with E-state index in [0.717, 1.165) is 45.6 Å². The van der Waals surface area contributed by atoms with Gasteiger partial charge in [0, 0.05) is 70.6 Å². The number of pyridine rings is 1. The number of anilines is 1. The van der Waals surface area contributed by atoms with Gasteiger partial charge in [-0.3, -0.25) is 14.6 Å². The molecule has 1 aromatic rings. The van der Waals surface area contributed by atoms with Crippen molar-refractivity contribution in [3.05, 3.63) is 23.9 Å². The molecule has 0 atom stereocenters. The predicted octanol–water partition coefficient (Wildman–Crippen LogP) is 2.52. The van der Waals surface area contributed by atoms with E-state index >= 15 is 0 Å². The molecule has 2 fully saturated rings. The van der Waals surface area contributed by atoms with E-state index in [9.17, 15) is 10.1 Å². The Morgan fingerprint density at radius 3 is 2.60 bits per heavy atom. The second-order valence-electron chi connectivity index (χ2n) is 8.84.